The second-order valence-electron chi connectivity index (χ2n) is 4.61. The summed E-state index contributed by atoms with van der Waals surface area (Å²) in [5.74, 6) is -0.301. The summed E-state index contributed by atoms with van der Waals surface area (Å²) >= 11 is 0. The molecule has 1 N–H and O–H groups in total. The van der Waals surface area contributed by atoms with Crippen LogP contribution < -0.4 is 5.32 Å². The summed E-state index contributed by atoms with van der Waals surface area (Å²) in [5.41, 5.74) is 0. The van der Waals surface area contributed by atoms with Crippen LogP contribution in [0.4, 0.5) is 0 Å². The largest absolute Gasteiger partial charge is 0.465 e. The number of ether oxygens (including phenoxy) is 2. The topological polar surface area (TPSA) is 67.9 Å². The number of hydrogen-bond donors (Lipinski definition) is 1. The minimum absolute atomic E-state index is 0.0757. The molecular weight excluding hydrogens is 248 g/mol. The zero-order chi connectivity index (χ0) is 14.3. The number of methoxy groups -OCH3 is 1. The van der Waals surface area contributed by atoms with Crippen molar-refractivity contribution in [3.05, 3.63) is 0 Å². The lowest BCUT2D eigenvalue weighted by Gasteiger charge is -2.28. The summed E-state index contributed by atoms with van der Waals surface area (Å²) in [6.07, 6.45) is 1.67. The van der Waals surface area contributed by atoms with Crippen molar-refractivity contribution in [2.45, 2.75) is 38.8 Å². The molecule has 6 heteroatoms. The lowest BCUT2D eigenvalue weighted by atomic mass is 10.2. The standard InChI is InChI=1S/C13H24N2O4/c1-4-19-13(17)11-6-5-8-15(11)10(2)12(16)14-7-9-18-3/h10-11H,4-9H2,1-3H3,(H,14,16). The molecule has 1 aliphatic heterocycles. The van der Waals surface area contributed by atoms with Crippen LogP contribution in [-0.4, -0.2) is 62.3 Å². The van der Waals surface area contributed by atoms with Gasteiger partial charge >= 0.3 is 5.97 Å². The van der Waals surface area contributed by atoms with Gasteiger partial charge in [0.05, 0.1) is 19.3 Å². The molecule has 1 heterocycles. The molecule has 2 atom stereocenters. The SMILES string of the molecule is CCOC(=O)C1CCCN1C(C)C(=O)NCCOC. The number of hydrogen-bond acceptors (Lipinski definition) is 5. The number of carbonyl (C=O) groups is 2. The van der Waals surface area contributed by atoms with Gasteiger partial charge < -0.3 is 14.8 Å². The van der Waals surface area contributed by atoms with E-state index in [-0.39, 0.29) is 24.0 Å². The third kappa shape index (κ3) is 4.47. The molecule has 0 aromatic carbocycles. The van der Waals surface area contributed by atoms with Gasteiger partial charge in [0.1, 0.15) is 6.04 Å². The summed E-state index contributed by atoms with van der Waals surface area (Å²) in [4.78, 5) is 25.7. The summed E-state index contributed by atoms with van der Waals surface area (Å²) in [7, 11) is 1.59. The first-order valence-corrected chi connectivity index (χ1v) is 6.80. The number of rotatable bonds is 7. The van der Waals surface area contributed by atoms with Crippen molar-refractivity contribution in [3.63, 3.8) is 0 Å². The fourth-order valence-corrected chi connectivity index (χ4v) is 2.32. The van der Waals surface area contributed by atoms with Crippen LogP contribution >= 0.6 is 0 Å². The van der Waals surface area contributed by atoms with Gasteiger partial charge in [-0.3, -0.25) is 14.5 Å². The molecular formula is C13H24N2O4. The third-order valence-electron chi connectivity index (χ3n) is 3.34. The molecule has 1 fully saturated rings. The van der Waals surface area contributed by atoms with Crippen LogP contribution in [0, 0.1) is 0 Å². The van der Waals surface area contributed by atoms with E-state index in [2.05, 4.69) is 5.32 Å². The number of amides is 1. The average molecular weight is 272 g/mol. The number of esters is 1. The highest BCUT2D eigenvalue weighted by Gasteiger charge is 2.37. The molecule has 1 saturated heterocycles. The molecule has 19 heavy (non-hydrogen) atoms. The number of likely N-dealkylation sites (tertiary alicyclic amines) is 1. The highest BCUT2D eigenvalue weighted by Crippen LogP contribution is 2.21. The Labute approximate surface area is 114 Å². The fraction of sp³-hybridized carbons (Fsp3) is 0.846. The number of carbonyl (C=O) groups excluding carboxylic acids is 2. The van der Waals surface area contributed by atoms with Crippen molar-refractivity contribution in [2.75, 3.05) is 33.4 Å². The molecule has 110 valence electrons. The normalized spacial score (nSPS) is 21.1. The predicted octanol–water partition coefficient (Wildman–Crippen LogP) is 0.165. The fourth-order valence-electron chi connectivity index (χ4n) is 2.32. The summed E-state index contributed by atoms with van der Waals surface area (Å²) in [5, 5.41) is 2.79. The highest BCUT2D eigenvalue weighted by molar-refractivity contribution is 5.83. The van der Waals surface area contributed by atoms with Crippen LogP contribution in [-0.2, 0) is 19.1 Å². The Morgan fingerprint density at radius 1 is 1.47 bits per heavy atom. The molecule has 2 unspecified atom stereocenters. The molecule has 0 saturated carbocycles. The average Bonchev–Trinajstić information content (AvgIpc) is 2.87. The molecule has 0 aliphatic carbocycles. The summed E-state index contributed by atoms with van der Waals surface area (Å²) < 4.78 is 9.94. The van der Waals surface area contributed by atoms with E-state index in [1.54, 1.807) is 14.0 Å². The van der Waals surface area contributed by atoms with Gasteiger partial charge in [0.15, 0.2) is 0 Å². The van der Waals surface area contributed by atoms with E-state index in [1.807, 2.05) is 11.8 Å². The quantitative estimate of drug-likeness (QED) is 0.528. The van der Waals surface area contributed by atoms with E-state index < -0.39 is 0 Å². The first-order chi connectivity index (χ1) is 9.11. The van der Waals surface area contributed by atoms with Gasteiger partial charge in [0, 0.05) is 13.7 Å². The van der Waals surface area contributed by atoms with Crippen molar-refractivity contribution < 1.29 is 19.1 Å². The zero-order valence-corrected chi connectivity index (χ0v) is 12.0. The monoisotopic (exact) mass is 272 g/mol. The van der Waals surface area contributed by atoms with Crippen LogP contribution in [0.2, 0.25) is 0 Å². The van der Waals surface area contributed by atoms with Crippen molar-refractivity contribution in [3.8, 4) is 0 Å². The summed E-state index contributed by atoms with van der Waals surface area (Å²) in [6.45, 7) is 5.70. The van der Waals surface area contributed by atoms with Crippen molar-refractivity contribution in [1.29, 1.82) is 0 Å². The summed E-state index contributed by atoms with van der Waals surface area (Å²) in [6, 6.07) is -0.614. The Morgan fingerprint density at radius 3 is 2.84 bits per heavy atom. The van der Waals surface area contributed by atoms with E-state index in [0.717, 1.165) is 19.4 Å². The first-order valence-electron chi connectivity index (χ1n) is 6.80. The van der Waals surface area contributed by atoms with Gasteiger partial charge in [-0.25, -0.2) is 0 Å². The maximum Gasteiger partial charge on any atom is 0.323 e. The lowest BCUT2D eigenvalue weighted by molar-refractivity contribution is -0.149. The smallest absolute Gasteiger partial charge is 0.323 e. The first kappa shape index (κ1) is 15.9. The Kier molecular flexibility index (Phi) is 6.80. The van der Waals surface area contributed by atoms with Crippen LogP contribution in [0.25, 0.3) is 0 Å². The van der Waals surface area contributed by atoms with E-state index >= 15 is 0 Å². The molecule has 0 aromatic heterocycles. The molecule has 0 aromatic rings. The van der Waals surface area contributed by atoms with Crippen LogP contribution in [0.15, 0.2) is 0 Å². The molecule has 1 rings (SSSR count). The van der Waals surface area contributed by atoms with Gasteiger partial charge in [-0.1, -0.05) is 0 Å². The number of nitrogens with one attached hydrogen (secondary N) is 1. The molecule has 0 radical (unpaired) electrons. The van der Waals surface area contributed by atoms with Crippen LogP contribution in [0.3, 0.4) is 0 Å². The van der Waals surface area contributed by atoms with Crippen LogP contribution in [0.1, 0.15) is 26.7 Å². The second-order valence-corrected chi connectivity index (χ2v) is 4.61. The maximum atomic E-state index is 12.0. The van der Waals surface area contributed by atoms with Gasteiger partial charge in [0.25, 0.3) is 0 Å². The lowest BCUT2D eigenvalue weighted by Crippen LogP contribution is -2.50. The second kappa shape index (κ2) is 8.12. The molecule has 0 bridgehead atoms. The molecule has 6 nitrogen and oxygen atoms in total. The Hall–Kier alpha value is -1.14. The predicted molar refractivity (Wildman–Crippen MR) is 70.7 cm³/mol. The van der Waals surface area contributed by atoms with Gasteiger partial charge in [0.2, 0.25) is 5.91 Å². The van der Waals surface area contributed by atoms with Gasteiger partial charge in [-0.05, 0) is 33.2 Å². The molecule has 1 amide bonds. The zero-order valence-electron chi connectivity index (χ0n) is 12.0. The number of nitrogens with zero attached hydrogens (tertiary/aromatic N) is 1. The van der Waals surface area contributed by atoms with Crippen molar-refractivity contribution in [1.82, 2.24) is 10.2 Å². The Bertz CT molecular complexity index is 309. The molecule has 1 aliphatic rings. The van der Waals surface area contributed by atoms with E-state index in [0.29, 0.717) is 19.8 Å². The van der Waals surface area contributed by atoms with Gasteiger partial charge in [-0.2, -0.15) is 0 Å². The highest BCUT2D eigenvalue weighted by atomic mass is 16.5. The minimum atomic E-state index is -0.325. The van der Waals surface area contributed by atoms with Gasteiger partial charge in [-0.15, -0.1) is 0 Å². The Morgan fingerprint density at radius 2 is 2.21 bits per heavy atom. The van der Waals surface area contributed by atoms with E-state index in [1.165, 1.54) is 0 Å². The minimum Gasteiger partial charge on any atom is -0.465 e. The Balaban J connectivity index is 2.51. The third-order valence-corrected chi connectivity index (χ3v) is 3.34. The van der Waals surface area contributed by atoms with E-state index in [4.69, 9.17) is 9.47 Å². The van der Waals surface area contributed by atoms with Crippen molar-refractivity contribution >= 4 is 11.9 Å². The van der Waals surface area contributed by atoms with Crippen LogP contribution in [0.5, 0.6) is 0 Å². The van der Waals surface area contributed by atoms with E-state index in [9.17, 15) is 9.59 Å². The maximum absolute atomic E-state index is 12.0. The molecule has 0 spiro atoms. The van der Waals surface area contributed by atoms with Crippen molar-refractivity contribution in [2.24, 2.45) is 0 Å².